The second-order valence-corrected chi connectivity index (χ2v) is 3.65. The lowest BCUT2D eigenvalue weighted by molar-refractivity contribution is -0.677. The minimum Gasteiger partial charge on any atom is -0.265 e. The fraction of sp³-hybridized carbons (Fsp3) is 0.385. The van der Waals surface area contributed by atoms with Crippen molar-refractivity contribution in [2.24, 2.45) is 7.05 Å². The second kappa shape index (κ2) is 7.63. The predicted molar refractivity (Wildman–Crippen MR) is 64.8 cm³/mol. The maximum Gasteiger partial charge on any atom is 0.253 e. The van der Waals surface area contributed by atoms with Crippen molar-refractivity contribution in [2.75, 3.05) is 0 Å². The predicted octanol–water partition coefficient (Wildman–Crippen LogP) is 2.26. The third kappa shape index (κ3) is 4.73. The van der Waals surface area contributed by atoms with Gasteiger partial charge in [-0.25, -0.2) is 9.55 Å². The third-order valence-electron chi connectivity index (χ3n) is 2.31. The molecule has 0 fully saturated rings. The molecule has 0 saturated carbocycles. The van der Waals surface area contributed by atoms with Crippen LogP contribution in [0.15, 0.2) is 43.0 Å². The number of aryl methyl sites for hydroxylation is 2. The quantitative estimate of drug-likeness (QED) is 0.787. The lowest BCUT2D eigenvalue weighted by Crippen LogP contribution is -2.30. The van der Waals surface area contributed by atoms with E-state index in [1.54, 1.807) is 12.4 Å². The molecule has 0 atom stereocenters. The fourth-order valence-electron chi connectivity index (χ4n) is 1.34. The summed E-state index contributed by atoms with van der Waals surface area (Å²) in [4.78, 5) is 6.99. The molecule has 0 unspecified atom stereocenters. The average molecular weight is 218 g/mol. The van der Waals surface area contributed by atoms with Crippen molar-refractivity contribution < 1.29 is 4.57 Å². The van der Waals surface area contributed by atoms with Gasteiger partial charge >= 0.3 is 0 Å². The minimum atomic E-state index is 1.17. The Labute approximate surface area is 97.2 Å². The Hall–Kier alpha value is -1.64. The van der Waals surface area contributed by atoms with E-state index in [9.17, 15) is 0 Å². The van der Waals surface area contributed by atoms with Crippen LogP contribution in [0, 0.1) is 0 Å². The molecule has 16 heavy (non-hydrogen) atoms. The molecule has 0 aromatic carbocycles. The first-order valence-corrected chi connectivity index (χ1v) is 5.71. The Kier molecular flexibility index (Phi) is 5.92. The smallest absolute Gasteiger partial charge is 0.253 e. The number of hydrogen-bond donors (Lipinski definition) is 1. The summed E-state index contributed by atoms with van der Waals surface area (Å²) >= 11 is 0. The molecule has 0 aliphatic rings. The van der Waals surface area contributed by atoms with Gasteiger partial charge in [-0.05, 0) is 18.6 Å². The molecule has 0 aliphatic carbocycles. The van der Waals surface area contributed by atoms with Crippen LogP contribution < -0.4 is 4.57 Å². The number of imidazole rings is 1. The molecular weight excluding hydrogens is 198 g/mol. The summed E-state index contributed by atoms with van der Waals surface area (Å²) < 4.78 is 2.13. The summed E-state index contributed by atoms with van der Waals surface area (Å²) in [6, 6.07) is 5.72. The zero-order valence-electron chi connectivity index (χ0n) is 10.1. The number of pyridine rings is 1. The zero-order chi connectivity index (χ0) is 11.6. The van der Waals surface area contributed by atoms with Gasteiger partial charge in [-0.2, -0.15) is 0 Å². The molecule has 1 N–H and O–H groups in total. The van der Waals surface area contributed by atoms with Crippen molar-refractivity contribution in [3.8, 4) is 0 Å². The van der Waals surface area contributed by atoms with Crippen molar-refractivity contribution in [2.45, 2.75) is 26.2 Å². The van der Waals surface area contributed by atoms with Gasteiger partial charge < -0.3 is 0 Å². The molecule has 2 aromatic rings. The molecule has 2 heterocycles. The van der Waals surface area contributed by atoms with Gasteiger partial charge in [-0.1, -0.05) is 19.4 Å². The highest BCUT2D eigenvalue weighted by Gasteiger charge is 2.03. The molecule has 0 saturated heterocycles. The molecule has 2 aromatic heterocycles. The van der Waals surface area contributed by atoms with E-state index in [1.165, 1.54) is 25.1 Å². The molecule has 86 valence electrons. The number of nitrogens with zero attached hydrogens (tertiary/aromatic N) is 2. The molecule has 3 nitrogen and oxygen atoms in total. The first kappa shape index (κ1) is 12.4. The van der Waals surface area contributed by atoms with E-state index in [-0.39, 0.29) is 0 Å². The van der Waals surface area contributed by atoms with E-state index in [0.29, 0.717) is 0 Å². The van der Waals surface area contributed by atoms with E-state index in [0.717, 1.165) is 0 Å². The Balaban J connectivity index is 0.000000181. The SMILES string of the molecule is CCCCc1[nH]cc[n+]1C.c1ccncc1. The number of aromatic nitrogens is 3. The van der Waals surface area contributed by atoms with E-state index in [2.05, 4.69) is 28.5 Å². The summed E-state index contributed by atoms with van der Waals surface area (Å²) in [5, 5.41) is 0. The summed E-state index contributed by atoms with van der Waals surface area (Å²) in [7, 11) is 2.07. The number of nitrogens with one attached hydrogen (secondary N) is 1. The standard InChI is InChI=1S/C8H14N2.C5H5N/c1-3-4-5-8-9-6-7-10(8)2;1-2-4-6-5-3-1/h6-7H,3-5H2,1-2H3;1-5H/p+1. The second-order valence-electron chi connectivity index (χ2n) is 3.65. The van der Waals surface area contributed by atoms with Crippen LogP contribution in [0.4, 0.5) is 0 Å². The highest BCUT2D eigenvalue weighted by molar-refractivity contribution is 4.88. The van der Waals surface area contributed by atoms with Gasteiger partial charge in [-0.15, -0.1) is 0 Å². The monoisotopic (exact) mass is 218 g/mol. The molecule has 0 spiro atoms. The van der Waals surface area contributed by atoms with Crippen molar-refractivity contribution in [3.63, 3.8) is 0 Å². The maximum atomic E-state index is 3.78. The highest BCUT2D eigenvalue weighted by atomic mass is 15.0. The normalized spacial score (nSPS) is 9.38. The van der Waals surface area contributed by atoms with E-state index >= 15 is 0 Å². The van der Waals surface area contributed by atoms with E-state index < -0.39 is 0 Å². The largest absolute Gasteiger partial charge is 0.265 e. The first-order chi connectivity index (χ1) is 7.84. The van der Waals surface area contributed by atoms with Crippen LogP contribution in [-0.2, 0) is 13.5 Å². The first-order valence-electron chi connectivity index (χ1n) is 5.71. The van der Waals surface area contributed by atoms with Crippen LogP contribution in [0.1, 0.15) is 25.6 Å². The van der Waals surface area contributed by atoms with Crippen LogP contribution in [0.3, 0.4) is 0 Å². The summed E-state index contributed by atoms with van der Waals surface area (Å²) in [6.45, 7) is 2.21. The van der Waals surface area contributed by atoms with Crippen molar-refractivity contribution in [1.29, 1.82) is 0 Å². The Morgan fingerprint density at radius 1 is 1.25 bits per heavy atom. The summed E-state index contributed by atoms with van der Waals surface area (Å²) in [5.74, 6) is 1.32. The minimum absolute atomic E-state index is 1.17. The lowest BCUT2D eigenvalue weighted by Gasteiger charge is -1.91. The molecule has 3 heteroatoms. The number of H-pyrrole nitrogens is 1. The Morgan fingerprint density at radius 3 is 2.38 bits per heavy atom. The van der Waals surface area contributed by atoms with Crippen molar-refractivity contribution >= 4 is 0 Å². The molecule has 0 radical (unpaired) electrons. The van der Waals surface area contributed by atoms with Crippen LogP contribution in [0.25, 0.3) is 0 Å². The highest BCUT2D eigenvalue weighted by Crippen LogP contribution is 1.94. The average Bonchev–Trinajstić information content (AvgIpc) is 2.75. The number of rotatable bonds is 3. The summed E-state index contributed by atoms with van der Waals surface area (Å²) in [6.07, 6.45) is 11.2. The van der Waals surface area contributed by atoms with E-state index in [1.807, 2.05) is 30.6 Å². The summed E-state index contributed by atoms with van der Waals surface area (Å²) in [5.41, 5.74) is 0. The van der Waals surface area contributed by atoms with Crippen molar-refractivity contribution in [3.05, 3.63) is 48.8 Å². The van der Waals surface area contributed by atoms with Gasteiger partial charge in [0.15, 0.2) is 0 Å². The molecule has 0 bridgehead atoms. The fourth-order valence-corrected chi connectivity index (χ4v) is 1.34. The molecule has 2 rings (SSSR count). The van der Waals surface area contributed by atoms with Crippen molar-refractivity contribution in [1.82, 2.24) is 9.97 Å². The van der Waals surface area contributed by atoms with Gasteiger partial charge in [0.1, 0.15) is 12.4 Å². The number of unbranched alkanes of at least 4 members (excludes halogenated alkanes) is 1. The van der Waals surface area contributed by atoms with Gasteiger partial charge in [0.2, 0.25) is 0 Å². The van der Waals surface area contributed by atoms with Gasteiger partial charge in [0.05, 0.1) is 7.05 Å². The number of hydrogen-bond acceptors (Lipinski definition) is 1. The molecule has 0 amide bonds. The van der Waals surface area contributed by atoms with Crippen LogP contribution in [0.5, 0.6) is 0 Å². The third-order valence-corrected chi connectivity index (χ3v) is 2.31. The van der Waals surface area contributed by atoms with Gasteiger partial charge in [0.25, 0.3) is 5.82 Å². The van der Waals surface area contributed by atoms with Crippen LogP contribution in [-0.4, -0.2) is 9.97 Å². The zero-order valence-corrected chi connectivity index (χ0v) is 10.1. The topological polar surface area (TPSA) is 32.6 Å². The molecular formula is C13H20N3+. The van der Waals surface area contributed by atoms with Crippen LogP contribution >= 0.6 is 0 Å². The van der Waals surface area contributed by atoms with Gasteiger partial charge in [0, 0.05) is 18.8 Å². The van der Waals surface area contributed by atoms with Gasteiger partial charge in [-0.3, -0.25) is 4.98 Å². The molecule has 0 aliphatic heterocycles. The van der Waals surface area contributed by atoms with Crippen LogP contribution in [0.2, 0.25) is 0 Å². The number of aromatic amines is 1. The maximum absolute atomic E-state index is 3.78. The Morgan fingerprint density at radius 2 is 2.00 bits per heavy atom. The van der Waals surface area contributed by atoms with E-state index in [4.69, 9.17) is 0 Å². The lowest BCUT2D eigenvalue weighted by atomic mass is 10.2. The Bertz CT molecular complexity index is 341.